The van der Waals surface area contributed by atoms with Crippen LogP contribution in [0.25, 0.3) is 10.9 Å². The van der Waals surface area contributed by atoms with Gasteiger partial charge in [0.25, 0.3) is 5.91 Å². The number of carbonyl (C=O) groups excluding carboxylic acids is 3. The number of benzene rings is 2. The van der Waals surface area contributed by atoms with Crippen LogP contribution < -0.4 is 10.6 Å². The van der Waals surface area contributed by atoms with E-state index in [-0.39, 0.29) is 24.1 Å². The topological polar surface area (TPSA) is 94.3 Å². The first kappa shape index (κ1) is 17.5. The van der Waals surface area contributed by atoms with E-state index in [2.05, 4.69) is 21.7 Å². The highest BCUT2D eigenvalue weighted by Crippen LogP contribution is 2.28. The zero-order valence-corrected chi connectivity index (χ0v) is 15.7. The van der Waals surface area contributed by atoms with Crippen LogP contribution in [0.2, 0.25) is 0 Å². The van der Waals surface area contributed by atoms with Crippen molar-refractivity contribution in [1.29, 1.82) is 0 Å². The molecule has 0 saturated heterocycles. The number of aromatic nitrogens is 1. The van der Waals surface area contributed by atoms with Gasteiger partial charge in [-0.05, 0) is 30.2 Å². The van der Waals surface area contributed by atoms with Crippen LogP contribution in [-0.2, 0) is 22.6 Å². The molecule has 2 aliphatic heterocycles. The van der Waals surface area contributed by atoms with E-state index < -0.39 is 6.04 Å². The summed E-state index contributed by atoms with van der Waals surface area (Å²) in [6, 6.07) is 14.0. The molecular weight excluding hydrogens is 368 g/mol. The number of hydrogen-bond acceptors (Lipinski definition) is 3. The maximum atomic E-state index is 12.9. The van der Waals surface area contributed by atoms with Gasteiger partial charge in [-0.15, -0.1) is 0 Å². The zero-order valence-electron chi connectivity index (χ0n) is 15.7. The molecule has 3 amide bonds. The van der Waals surface area contributed by atoms with Crippen molar-refractivity contribution < 1.29 is 14.4 Å². The summed E-state index contributed by atoms with van der Waals surface area (Å²) in [6.45, 7) is 1.07. The van der Waals surface area contributed by atoms with Crippen molar-refractivity contribution in [1.82, 2.24) is 15.2 Å². The van der Waals surface area contributed by atoms with Crippen LogP contribution in [0.1, 0.15) is 28.0 Å². The SMILES string of the molecule is O=C1N[C@@H](CC(=O)N2CCc3c([nH]c4ccccc34)C2)C(=O)Nc2ccccc21. The van der Waals surface area contributed by atoms with E-state index in [1.807, 2.05) is 18.2 Å². The number of aromatic amines is 1. The monoisotopic (exact) mass is 388 g/mol. The Morgan fingerprint density at radius 2 is 1.86 bits per heavy atom. The number of para-hydroxylation sites is 2. The molecule has 3 N–H and O–H groups in total. The quantitative estimate of drug-likeness (QED) is 0.628. The van der Waals surface area contributed by atoms with Gasteiger partial charge >= 0.3 is 0 Å². The smallest absolute Gasteiger partial charge is 0.254 e. The molecule has 29 heavy (non-hydrogen) atoms. The van der Waals surface area contributed by atoms with Crippen LogP contribution in [-0.4, -0.2) is 40.2 Å². The van der Waals surface area contributed by atoms with Gasteiger partial charge in [-0.25, -0.2) is 0 Å². The van der Waals surface area contributed by atoms with E-state index in [9.17, 15) is 14.4 Å². The van der Waals surface area contributed by atoms with Gasteiger partial charge in [0.1, 0.15) is 6.04 Å². The number of carbonyl (C=O) groups is 3. The van der Waals surface area contributed by atoms with Crippen LogP contribution in [0.4, 0.5) is 5.69 Å². The Bertz CT molecular complexity index is 1150. The molecule has 0 fully saturated rings. The Morgan fingerprint density at radius 3 is 2.76 bits per heavy atom. The van der Waals surface area contributed by atoms with Gasteiger partial charge in [0.2, 0.25) is 11.8 Å². The second kappa shape index (κ2) is 6.77. The van der Waals surface area contributed by atoms with Crippen molar-refractivity contribution in [2.24, 2.45) is 0 Å². The molecule has 146 valence electrons. The van der Waals surface area contributed by atoms with Crippen molar-refractivity contribution in [2.45, 2.75) is 25.4 Å². The van der Waals surface area contributed by atoms with Crippen molar-refractivity contribution in [3.63, 3.8) is 0 Å². The summed E-state index contributed by atoms with van der Waals surface area (Å²) in [5, 5.41) is 6.63. The minimum Gasteiger partial charge on any atom is -0.357 e. The van der Waals surface area contributed by atoms with Crippen molar-refractivity contribution in [3.05, 3.63) is 65.4 Å². The lowest BCUT2D eigenvalue weighted by molar-refractivity contribution is -0.134. The molecule has 0 unspecified atom stereocenters. The van der Waals surface area contributed by atoms with E-state index >= 15 is 0 Å². The number of H-pyrrole nitrogens is 1. The molecule has 3 heterocycles. The van der Waals surface area contributed by atoms with Crippen LogP contribution in [0, 0.1) is 0 Å². The number of amides is 3. The second-order valence-corrected chi connectivity index (χ2v) is 7.46. The van der Waals surface area contributed by atoms with Crippen molar-refractivity contribution in [3.8, 4) is 0 Å². The third-order valence-electron chi connectivity index (χ3n) is 5.67. The minimum atomic E-state index is -0.897. The molecule has 0 bridgehead atoms. The Hall–Kier alpha value is -3.61. The fourth-order valence-corrected chi connectivity index (χ4v) is 4.16. The number of fused-ring (bicyclic) bond motifs is 4. The number of nitrogens with one attached hydrogen (secondary N) is 3. The van der Waals surface area contributed by atoms with E-state index in [1.165, 1.54) is 10.9 Å². The Kier molecular flexibility index (Phi) is 4.08. The summed E-state index contributed by atoms with van der Waals surface area (Å²) in [5.41, 5.74) is 4.22. The zero-order chi connectivity index (χ0) is 20.0. The average Bonchev–Trinajstić information content (AvgIpc) is 3.05. The van der Waals surface area contributed by atoms with Gasteiger partial charge in [0.15, 0.2) is 0 Å². The molecule has 2 aromatic carbocycles. The average molecular weight is 388 g/mol. The summed E-state index contributed by atoms with van der Waals surface area (Å²) in [6.07, 6.45) is 0.695. The standard InChI is InChI=1S/C22H20N4O3/c27-20(11-18-22(29)24-17-8-4-2-6-15(17)21(28)25-18)26-10-9-14-13-5-1-3-7-16(13)23-19(14)12-26/h1-8,18,23H,9-12H2,(H,24,29)(H,25,28)/t18-/m0/s1. The van der Waals surface area contributed by atoms with Gasteiger partial charge in [0, 0.05) is 23.1 Å². The molecular formula is C22H20N4O3. The highest BCUT2D eigenvalue weighted by atomic mass is 16.2. The molecule has 1 atom stereocenters. The van der Waals surface area contributed by atoms with E-state index in [0.717, 1.165) is 17.6 Å². The first-order chi connectivity index (χ1) is 14.1. The lowest BCUT2D eigenvalue weighted by Crippen LogP contribution is -2.46. The molecule has 7 nitrogen and oxygen atoms in total. The first-order valence-corrected chi connectivity index (χ1v) is 9.67. The largest absolute Gasteiger partial charge is 0.357 e. The Morgan fingerprint density at radius 1 is 1.07 bits per heavy atom. The molecule has 0 spiro atoms. The summed E-state index contributed by atoms with van der Waals surface area (Å²) in [4.78, 5) is 43.1. The van der Waals surface area contributed by atoms with Crippen LogP contribution in [0.3, 0.4) is 0 Å². The lowest BCUT2D eigenvalue weighted by Gasteiger charge is -2.28. The van der Waals surface area contributed by atoms with Gasteiger partial charge < -0.3 is 20.5 Å². The van der Waals surface area contributed by atoms with Crippen molar-refractivity contribution >= 4 is 34.3 Å². The number of nitrogens with zero attached hydrogens (tertiary/aromatic N) is 1. The van der Waals surface area contributed by atoms with E-state index in [4.69, 9.17) is 0 Å². The van der Waals surface area contributed by atoms with Gasteiger partial charge in [0.05, 0.1) is 24.2 Å². The Labute approximate surface area is 167 Å². The predicted molar refractivity (Wildman–Crippen MR) is 108 cm³/mol. The summed E-state index contributed by atoms with van der Waals surface area (Å²) in [7, 11) is 0. The molecule has 1 aromatic heterocycles. The Balaban J connectivity index is 1.32. The molecule has 5 rings (SSSR count). The molecule has 0 radical (unpaired) electrons. The number of rotatable bonds is 2. The molecule has 0 saturated carbocycles. The third kappa shape index (κ3) is 3.04. The normalized spacial score (nSPS) is 18.5. The van der Waals surface area contributed by atoms with Gasteiger partial charge in [-0.2, -0.15) is 0 Å². The molecule has 7 heteroatoms. The fraction of sp³-hybridized carbons (Fsp3) is 0.227. The number of anilines is 1. The van der Waals surface area contributed by atoms with Crippen LogP contribution >= 0.6 is 0 Å². The maximum absolute atomic E-state index is 12.9. The lowest BCUT2D eigenvalue weighted by atomic mass is 10.0. The third-order valence-corrected chi connectivity index (χ3v) is 5.67. The summed E-state index contributed by atoms with van der Waals surface area (Å²) < 4.78 is 0. The van der Waals surface area contributed by atoms with Crippen LogP contribution in [0.5, 0.6) is 0 Å². The maximum Gasteiger partial charge on any atom is 0.254 e. The second-order valence-electron chi connectivity index (χ2n) is 7.46. The minimum absolute atomic E-state index is 0.0683. The van der Waals surface area contributed by atoms with E-state index in [0.29, 0.717) is 24.3 Å². The number of hydrogen-bond donors (Lipinski definition) is 3. The highest BCUT2D eigenvalue weighted by Gasteiger charge is 2.32. The molecule has 3 aromatic rings. The molecule has 0 aliphatic carbocycles. The van der Waals surface area contributed by atoms with Crippen LogP contribution in [0.15, 0.2) is 48.5 Å². The van der Waals surface area contributed by atoms with E-state index in [1.54, 1.807) is 29.2 Å². The van der Waals surface area contributed by atoms with Gasteiger partial charge in [-0.3, -0.25) is 14.4 Å². The first-order valence-electron chi connectivity index (χ1n) is 9.67. The summed E-state index contributed by atoms with van der Waals surface area (Å²) >= 11 is 0. The summed E-state index contributed by atoms with van der Waals surface area (Å²) in [5.74, 6) is -0.881. The van der Waals surface area contributed by atoms with Gasteiger partial charge in [-0.1, -0.05) is 30.3 Å². The fourth-order valence-electron chi connectivity index (χ4n) is 4.16. The van der Waals surface area contributed by atoms with Crippen molar-refractivity contribution in [2.75, 3.05) is 11.9 Å². The molecule has 2 aliphatic rings. The highest BCUT2D eigenvalue weighted by molar-refractivity contribution is 6.10. The predicted octanol–water partition coefficient (Wildman–Crippen LogP) is 2.19.